The van der Waals surface area contributed by atoms with Gasteiger partial charge in [0, 0.05) is 46.2 Å². The average Bonchev–Trinajstić information content (AvgIpc) is 3.17. The molecule has 0 aliphatic carbocycles. The molecule has 0 spiro atoms. The third kappa shape index (κ3) is 13.0. The van der Waals surface area contributed by atoms with Crippen molar-refractivity contribution < 1.29 is 123 Å². The fourth-order valence-electron chi connectivity index (χ4n) is 8.29. The van der Waals surface area contributed by atoms with E-state index in [9.17, 15) is 58.7 Å². The Labute approximate surface area is 363 Å². The molecule has 0 N–H and O–H groups in total. The third-order valence-electron chi connectivity index (χ3n) is 11.2. The van der Waals surface area contributed by atoms with Gasteiger partial charge in [-0.2, -0.15) is 0 Å². The zero-order valence-corrected chi connectivity index (χ0v) is 37.7. The number of aliphatic carboxylic acids is 2. The molecule has 30 heteroatoms. The fourth-order valence-corrected chi connectivity index (χ4v) is 9.79. The number of carbonyl (C=O) groups excluding carboxylic acids is 2. The Bertz CT molecular complexity index is 1870. The normalized spacial score (nSPS) is 41.8. The summed E-state index contributed by atoms with van der Waals surface area (Å²) >= 11 is 0. The van der Waals surface area contributed by atoms with Crippen LogP contribution in [-0.4, -0.2) is 184 Å². The van der Waals surface area contributed by atoms with Crippen LogP contribution in [0, 0.1) is 17.8 Å². The summed E-state index contributed by atoms with van der Waals surface area (Å²) in [5.74, 6) is -6.78. The topological polar surface area (TPSA) is 381 Å². The van der Waals surface area contributed by atoms with Crippen LogP contribution in [0.2, 0.25) is 0 Å². The molecule has 0 amide bonds. The van der Waals surface area contributed by atoms with Crippen molar-refractivity contribution in [1.29, 1.82) is 0 Å². The number of carboxylic acids is 2. The molecule has 4 aliphatic heterocycles. The lowest BCUT2D eigenvalue weighted by molar-refractivity contribution is -0.387. The Kier molecular flexibility index (Phi) is 18.6. The quantitative estimate of drug-likeness (QED) is 0.0819. The number of ether oxygens (including phenoxy) is 11. The maximum atomic E-state index is 12.8. The van der Waals surface area contributed by atoms with Crippen molar-refractivity contribution in [2.24, 2.45) is 17.8 Å². The molecule has 4 rings (SSSR count). The molecule has 0 aromatic carbocycles. The molecule has 0 radical (unpaired) electrons. The smallest absolute Gasteiger partial charge is 0.218 e. The van der Waals surface area contributed by atoms with Crippen molar-refractivity contribution in [3.05, 3.63) is 0 Å². The van der Waals surface area contributed by atoms with E-state index in [1.165, 1.54) is 41.9 Å². The van der Waals surface area contributed by atoms with Crippen LogP contribution in [0.15, 0.2) is 0 Å². The predicted octanol–water partition coefficient (Wildman–Crippen LogP) is -4.50. The first-order valence-electron chi connectivity index (χ1n) is 19.3. The first-order chi connectivity index (χ1) is 29.2. The highest BCUT2D eigenvalue weighted by atomic mass is 32.3. The van der Waals surface area contributed by atoms with Crippen molar-refractivity contribution in [3.63, 3.8) is 0 Å². The molecule has 0 saturated carbocycles. The van der Waals surface area contributed by atoms with E-state index in [1.807, 2.05) is 0 Å². The highest BCUT2D eigenvalue weighted by molar-refractivity contribution is 7.81. The molecule has 0 bridgehead atoms. The summed E-state index contributed by atoms with van der Waals surface area (Å²) in [4.78, 5) is 24.8. The molecule has 4 saturated heterocycles. The Hall–Kier alpha value is -1.89. The van der Waals surface area contributed by atoms with E-state index in [0.717, 1.165) is 14.2 Å². The third-order valence-corrected chi connectivity index (χ3v) is 12.5. The van der Waals surface area contributed by atoms with Gasteiger partial charge in [0.05, 0.1) is 42.5 Å². The monoisotopic (exact) mass is 975 g/mol. The van der Waals surface area contributed by atoms with Crippen molar-refractivity contribution in [2.45, 2.75) is 152 Å². The summed E-state index contributed by atoms with van der Waals surface area (Å²) in [5.41, 5.74) is 0. The number of rotatable bonds is 20. The predicted molar refractivity (Wildman–Crippen MR) is 190 cm³/mol. The number of hydrogen-bond donors (Lipinski definition) is 0. The average molecular weight is 976 g/mol. The summed E-state index contributed by atoms with van der Waals surface area (Å²) in [6.45, 7) is 7.37. The van der Waals surface area contributed by atoms with Gasteiger partial charge in [-0.25, -0.2) is 25.3 Å². The molecule has 0 aromatic heterocycles. The molecule has 0 aromatic rings. The maximum Gasteiger partial charge on any atom is 0.218 e. The lowest BCUT2D eigenvalue weighted by Crippen LogP contribution is -2.68. The van der Waals surface area contributed by atoms with Gasteiger partial charge in [-0.1, -0.05) is 34.6 Å². The molecule has 20 atom stereocenters. The molecule has 368 valence electrons. The fraction of sp³-hybridized carbons (Fsp3) is 0.939. The van der Waals surface area contributed by atoms with Gasteiger partial charge in [-0.15, -0.1) is 0 Å². The summed E-state index contributed by atoms with van der Waals surface area (Å²) in [6, 6.07) is 0. The van der Waals surface area contributed by atoms with E-state index in [1.54, 1.807) is 6.92 Å². The Morgan fingerprint density at radius 1 is 0.444 bits per heavy atom. The van der Waals surface area contributed by atoms with Gasteiger partial charge >= 0.3 is 0 Å². The van der Waals surface area contributed by atoms with Crippen LogP contribution in [0.3, 0.4) is 0 Å². The minimum absolute atomic E-state index is 0.202. The molecular weight excluding hydrogens is 925 g/mol. The van der Waals surface area contributed by atoms with Crippen LogP contribution in [-0.2, 0) is 105 Å². The summed E-state index contributed by atoms with van der Waals surface area (Å²) in [6.07, 6.45) is -29.4. The second-order valence-electron chi connectivity index (χ2n) is 15.0. The molecular formula is C33H51O27S3-5. The van der Waals surface area contributed by atoms with Crippen LogP contribution < -0.4 is 10.2 Å². The number of methoxy groups -OCH3 is 4. The Morgan fingerprint density at radius 2 is 0.857 bits per heavy atom. The van der Waals surface area contributed by atoms with Crippen LogP contribution in [0.1, 0.15) is 47.5 Å². The van der Waals surface area contributed by atoms with E-state index in [4.69, 9.17) is 60.5 Å². The van der Waals surface area contributed by atoms with E-state index >= 15 is 0 Å². The van der Waals surface area contributed by atoms with Gasteiger partial charge in [-0.3, -0.25) is 12.5 Å². The van der Waals surface area contributed by atoms with Gasteiger partial charge in [0.25, 0.3) is 0 Å². The van der Waals surface area contributed by atoms with E-state index in [0.29, 0.717) is 0 Å². The number of carboxylic acid groups (broad SMARTS) is 2. The second-order valence-corrected chi connectivity index (χ2v) is 18.0. The SMILES string of the molecule is CC[C@H]1O[C@H](OC)[C@H](OS(=O)(=O)[O-])[C@@H](C)[C@@H]1O[C@@H]1O[C@@H](C(=O)[O-])[C@@H](O[C@H]2O[C@H](CC)[C@@H](O[C@@H]3O[C@H](C(=O)[O-])[C@@H](C)[C@H](OC)[C@H]3OC)[C@H](OS(=O)(=O)[O-])[C@H]2OS(=O)(=O)[O-])[C@H](OC)[C@H]1C. The zero-order valence-electron chi connectivity index (χ0n) is 35.2. The summed E-state index contributed by atoms with van der Waals surface area (Å²) in [5, 5.41) is 24.8. The minimum atomic E-state index is -5.95. The molecule has 4 fully saturated rings. The van der Waals surface area contributed by atoms with Gasteiger partial charge < -0.3 is 85.6 Å². The first-order valence-corrected chi connectivity index (χ1v) is 23.3. The minimum Gasteiger partial charge on any atom is -0.726 e. The van der Waals surface area contributed by atoms with Crippen LogP contribution in [0.5, 0.6) is 0 Å². The van der Waals surface area contributed by atoms with Crippen LogP contribution >= 0.6 is 0 Å². The van der Waals surface area contributed by atoms with E-state index in [2.05, 4.69) is 4.18 Å². The molecule has 63 heavy (non-hydrogen) atoms. The molecule has 4 aliphatic rings. The number of hydrogen-bond acceptors (Lipinski definition) is 27. The van der Waals surface area contributed by atoms with Gasteiger partial charge in [0.1, 0.15) is 42.7 Å². The molecule has 4 heterocycles. The Morgan fingerprint density at radius 3 is 1.33 bits per heavy atom. The molecule has 27 nitrogen and oxygen atoms in total. The lowest BCUT2D eigenvalue weighted by atomic mass is 9.88. The standard InChI is InChI=1S/C33H56O27S3/c1-10-15-17(12(3)21(31(50-9)51-15)58-61(38,39)40)53-30-14(5)19(48-7)23(25(57-30)29(36)37)56-33-27(60-63(44,45)46)24(59-62(41,42)43)22(16(11-2)52-33)55-32-26(49-8)18(47-6)13(4)20(54-32)28(34)35/h12-27,30-33H,10-11H2,1-9H3,(H,34,35)(H,36,37)(H,38,39,40)(H,41,42,43)(H,44,45,46)/p-5/t12-,13-,14+,15+,16+,17-,18-,19+,20-,21+,22+,23-,24-,25+,26+,27+,30+,31-,32-,33+/m0/s1. The zero-order chi connectivity index (χ0) is 47.5. The van der Waals surface area contributed by atoms with Crippen molar-refractivity contribution in [3.8, 4) is 0 Å². The van der Waals surface area contributed by atoms with E-state index < -0.39 is 165 Å². The number of carbonyl (C=O) groups is 2. The van der Waals surface area contributed by atoms with Crippen LogP contribution in [0.25, 0.3) is 0 Å². The van der Waals surface area contributed by atoms with Crippen molar-refractivity contribution in [1.82, 2.24) is 0 Å². The van der Waals surface area contributed by atoms with Crippen molar-refractivity contribution >= 4 is 43.1 Å². The Balaban J connectivity index is 1.73. The lowest BCUT2D eigenvalue weighted by Gasteiger charge is -2.52. The first kappa shape index (κ1) is 53.7. The summed E-state index contributed by atoms with van der Waals surface area (Å²) < 4.78 is 185. The van der Waals surface area contributed by atoms with Crippen molar-refractivity contribution in [2.75, 3.05) is 28.4 Å². The highest BCUT2D eigenvalue weighted by Crippen LogP contribution is 2.41. The van der Waals surface area contributed by atoms with E-state index in [-0.39, 0.29) is 12.8 Å². The largest absolute Gasteiger partial charge is 0.726 e. The van der Waals surface area contributed by atoms with Gasteiger partial charge in [0.2, 0.25) is 31.2 Å². The van der Waals surface area contributed by atoms with Gasteiger partial charge in [-0.05, 0) is 12.8 Å². The second kappa shape index (κ2) is 21.8. The molecule has 0 unspecified atom stereocenters. The van der Waals surface area contributed by atoms with Gasteiger partial charge in [0.15, 0.2) is 31.3 Å². The maximum absolute atomic E-state index is 12.8. The van der Waals surface area contributed by atoms with Crippen LogP contribution in [0.4, 0.5) is 0 Å². The summed E-state index contributed by atoms with van der Waals surface area (Å²) in [7, 11) is -12.5. The highest BCUT2D eigenvalue weighted by Gasteiger charge is 2.57.